The average Bonchev–Trinajstić information content (AvgIpc) is 2.46. The molecule has 0 N–H and O–H groups in total. The molecule has 122 valence electrons. The summed E-state index contributed by atoms with van der Waals surface area (Å²) < 4.78 is 5.89. The molecule has 3 nitrogen and oxygen atoms in total. The maximum atomic E-state index is 5.89. The minimum Gasteiger partial charge on any atom is -0.377 e. The van der Waals surface area contributed by atoms with Crippen LogP contribution < -0.4 is 0 Å². The van der Waals surface area contributed by atoms with Gasteiger partial charge >= 0.3 is 0 Å². The summed E-state index contributed by atoms with van der Waals surface area (Å²) in [6.07, 6.45) is 5.09. The van der Waals surface area contributed by atoms with Gasteiger partial charge in [-0.3, -0.25) is 0 Å². The molecule has 3 heteroatoms. The van der Waals surface area contributed by atoms with E-state index in [1.54, 1.807) is 0 Å². The molecule has 0 radical (unpaired) electrons. The van der Waals surface area contributed by atoms with E-state index >= 15 is 0 Å². The topological polar surface area (TPSA) is 15.7 Å². The van der Waals surface area contributed by atoms with Gasteiger partial charge in [0.15, 0.2) is 0 Å². The summed E-state index contributed by atoms with van der Waals surface area (Å²) in [5, 5.41) is 0. The molecule has 2 aliphatic heterocycles. The molecule has 0 saturated carbocycles. The summed E-state index contributed by atoms with van der Waals surface area (Å²) in [6.45, 7) is 12.4. The van der Waals surface area contributed by atoms with Crippen molar-refractivity contribution >= 4 is 0 Å². The molecule has 0 aromatic heterocycles. The van der Waals surface area contributed by atoms with Crippen molar-refractivity contribution in [2.45, 2.75) is 59.5 Å². The minimum absolute atomic E-state index is 0. The maximum absolute atomic E-state index is 5.89. The molecule has 2 fully saturated rings. The molecule has 20 heavy (non-hydrogen) atoms. The maximum Gasteiger partial charge on any atom is 0.0829 e. The van der Waals surface area contributed by atoms with Gasteiger partial charge < -0.3 is 14.5 Å². The average molecular weight is 287 g/mol. The highest BCUT2D eigenvalue weighted by atomic mass is 16.5. The van der Waals surface area contributed by atoms with E-state index in [0.717, 1.165) is 12.5 Å². The van der Waals surface area contributed by atoms with Crippen molar-refractivity contribution < 1.29 is 4.74 Å². The Morgan fingerprint density at radius 3 is 2.00 bits per heavy atom. The Balaban J connectivity index is 0.00000115. The van der Waals surface area contributed by atoms with Gasteiger partial charge in [0.2, 0.25) is 0 Å². The van der Waals surface area contributed by atoms with Crippen LogP contribution in [0.25, 0.3) is 0 Å². The first-order valence-electron chi connectivity index (χ1n) is 8.10. The van der Waals surface area contributed by atoms with E-state index in [0.29, 0.717) is 0 Å². The first kappa shape index (κ1) is 19.9. The predicted octanol–water partition coefficient (Wildman–Crippen LogP) is 3.49. The Hall–Kier alpha value is -0.120. The van der Waals surface area contributed by atoms with Gasteiger partial charge in [-0.2, -0.15) is 0 Å². The first-order chi connectivity index (χ1) is 9.13. The second-order valence-electron chi connectivity index (χ2n) is 6.15. The highest BCUT2D eigenvalue weighted by molar-refractivity contribution is 4.90. The molecule has 0 aliphatic carbocycles. The van der Waals surface area contributed by atoms with Crippen LogP contribution in [-0.2, 0) is 4.74 Å². The lowest BCUT2D eigenvalue weighted by atomic mass is 9.89. The number of rotatable bonds is 3. The number of hydrogen-bond donors (Lipinski definition) is 0. The zero-order chi connectivity index (χ0) is 14.3. The Bertz CT molecular complexity index is 229. The fourth-order valence-corrected chi connectivity index (χ4v) is 3.08. The zero-order valence-corrected chi connectivity index (χ0v) is 13.7. The Kier molecular flexibility index (Phi) is 9.69. The molecular formula is C17H38N2O. The molecule has 0 amide bonds. The van der Waals surface area contributed by atoms with Crippen LogP contribution in [0.3, 0.4) is 0 Å². The van der Waals surface area contributed by atoms with Crippen molar-refractivity contribution in [1.82, 2.24) is 9.80 Å². The highest BCUT2D eigenvalue weighted by Crippen LogP contribution is 2.28. The van der Waals surface area contributed by atoms with Crippen LogP contribution in [0.4, 0.5) is 0 Å². The van der Waals surface area contributed by atoms with Gasteiger partial charge in [-0.25, -0.2) is 0 Å². The predicted molar refractivity (Wildman–Crippen MR) is 89.4 cm³/mol. The molecule has 0 aromatic rings. The van der Waals surface area contributed by atoms with E-state index in [-0.39, 0.29) is 13.0 Å². The summed E-state index contributed by atoms with van der Waals surface area (Å²) in [7, 11) is 4.11. The van der Waals surface area contributed by atoms with Crippen LogP contribution in [0.5, 0.6) is 0 Å². The Morgan fingerprint density at radius 2 is 1.55 bits per heavy atom. The minimum atomic E-state index is 0. The van der Waals surface area contributed by atoms with Crippen molar-refractivity contribution in [2.24, 2.45) is 5.92 Å². The number of ether oxygens (including phenoxy) is 1. The van der Waals surface area contributed by atoms with Gasteiger partial charge in [-0.05, 0) is 51.7 Å². The molecule has 2 rings (SSSR count). The van der Waals surface area contributed by atoms with E-state index < -0.39 is 0 Å². The third-order valence-corrected chi connectivity index (χ3v) is 4.72. The fraction of sp³-hybridized carbons (Fsp3) is 1.00. The molecule has 2 heterocycles. The number of hydrogen-bond acceptors (Lipinski definition) is 3. The number of likely N-dealkylation sites (tertiary alicyclic amines) is 2. The van der Waals surface area contributed by atoms with Gasteiger partial charge in [0.1, 0.15) is 0 Å². The summed E-state index contributed by atoms with van der Waals surface area (Å²) in [5.41, 5.74) is 0.132. The van der Waals surface area contributed by atoms with E-state index in [1.807, 2.05) is 21.0 Å². The van der Waals surface area contributed by atoms with Crippen LogP contribution in [0.15, 0.2) is 0 Å². The lowest BCUT2D eigenvalue weighted by Crippen LogP contribution is -2.52. The lowest BCUT2D eigenvalue weighted by Gasteiger charge is -2.44. The van der Waals surface area contributed by atoms with Gasteiger partial charge in [0.05, 0.1) is 5.60 Å². The SMILES string of the molecule is C.CC.COC1(CN2CCC(C)CC2)CCN(C)CC1. The number of nitrogens with zero attached hydrogens (tertiary/aromatic N) is 2. The highest BCUT2D eigenvalue weighted by Gasteiger charge is 2.35. The Morgan fingerprint density at radius 1 is 1.05 bits per heavy atom. The van der Waals surface area contributed by atoms with Gasteiger partial charge in [0, 0.05) is 26.7 Å². The van der Waals surface area contributed by atoms with Crippen LogP contribution in [-0.4, -0.2) is 62.3 Å². The van der Waals surface area contributed by atoms with Gasteiger partial charge in [-0.1, -0.05) is 28.2 Å². The third kappa shape index (κ3) is 5.71. The zero-order valence-electron chi connectivity index (χ0n) is 13.7. The van der Waals surface area contributed by atoms with Gasteiger partial charge in [0.25, 0.3) is 0 Å². The Labute approximate surface area is 127 Å². The smallest absolute Gasteiger partial charge is 0.0829 e. The van der Waals surface area contributed by atoms with E-state index in [1.165, 1.54) is 51.9 Å². The molecule has 0 spiro atoms. The number of piperidine rings is 2. The van der Waals surface area contributed by atoms with Crippen molar-refractivity contribution in [3.05, 3.63) is 0 Å². The third-order valence-electron chi connectivity index (χ3n) is 4.72. The molecule has 0 unspecified atom stereocenters. The van der Waals surface area contributed by atoms with Crippen LogP contribution >= 0.6 is 0 Å². The lowest BCUT2D eigenvalue weighted by molar-refractivity contribution is -0.0768. The molecular weight excluding hydrogens is 248 g/mol. The summed E-state index contributed by atoms with van der Waals surface area (Å²) in [6, 6.07) is 0. The molecule has 2 aliphatic rings. The molecule has 0 aromatic carbocycles. The van der Waals surface area contributed by atoms with E-state index in [9.17, 15) is 0 Å². The molecule has 0 atom stereocenters. The normalized spacial score (nSPS) is 24.4. The summed E-state index contributed by atoms with van der Waals surface area (Å²) in [5.74, 6) is 0.919. The number of methoxy groups -OCH3 is 1. The monoisotopic (exact) mass is 286 g/mol. The van der Waals surface area contributed by atoms with Crippen molar-refractivity contribution in [2.75, 3.05) is 46.9 Å². The van der Waals surface area contributed by atoms with E-state index in [4.69, 9.17) is 4.74 Å². The molecule has 0 bridgehead atoms. The van der Waals surface area contributed by atoms with Crippen LogP contribution in [0.2, 0.25) is 0 Å². The second-order valence-corrected chi connectivity index (χ2v) is 6.15. The summed E-state index contributed by atoms with van der Waals surface area (Å²) >= 11 is 0. The van der Waals surface area contributed by atoms with Crippen LogP contribution in [0.1, 0.15) is 53.9 Å². The van der Waals surface area contributed by atoms with Crippen molar-refractivity contribution in [1.29, 1.82) is 0 Å². The van der Waals surface area contributed by atoms with E-state index in [2.05, 4.69) is 23.8 Å². The van der Waals surface area contributed by atoms with Crippen molar-refractivity contribution in [3.63, 3.8) is 0 Å². The first-order valence-corrected chi connectivity index (χ1v) is 8.10. The van der Waals surface area contributed by atoms with Crippen molar-refractivity contribution in [3.8, 4) is 0 Å². The quantitative estimate of drug-likeness (QED) is 0.790. The van der Waals surface area contributed by atoms with Gasteiger partial charge in [-0.15, -0.1) is 0 Å². The van der Waals surface area contributed by atoms with Crippen LogP contribution in [0, 0.1) is 5.92 Å². The largest absolute Gasteiger partial charge is 0.377 e. The second kappa shape index (κ2) is 9.75. The molecule has 2 saturated heterocycles. The summed E-state index contributed by atoms with van der Waals surface area (Å²) in [4.78, 5) is 5.03. The standard InChI is InChI=1S/C14H28N2O.C2H6.CH4/c1-13-4-8-16(9-5-13)12-14(17-3)6-10-15(2)11-7-14;1-2;/h13H,4-12H2,1-3H3;1-2H3;1H4. The fourth-order valence-electron chi connectivity index (χ4n) is 3.08.